The fourth-order valence-electron chi connectivity index (χ4n) is 4.21. The van der Waals surface area contributed by atoms with Gasteiger partial charge in [0.05, 0.1) is 5.92 Å². The van der Waals surface area contributed by atoms with E-state index >= 15 is 0 Å². The van der Waals surface area contributed by atoms with Crippen LogP contribution in [0.3, 0.4) is 0 Å². The minimum absolute atomic E-state index is 0.0192. The second-order valence-electron chi connectivity index (χ2n) is 8.66. The third-order valence-electron chi connectivity index (χ3n) is 5.60. The molecule has 158 valence electrons. The molecule has 1 atom stereocenters. The Kier molecular flexibility index (Phi) is 5.51. The minimum atomic E-state index is -0.679. The lowest BCUT2D eigenvalue weighted by atomic mass is 9.70. The van der Waals surface area contributed by atoms with E-state index in [1.807, 2.05) is 44.2 Å². The molecule has 0 bridgehead atoms. The van der Waals surface area contributed by atoms with E-state index in [0.29, 0.717) is 47.1 Å². The van der Waals surface area contributed by atoms with Crippen molar-refractivity contribution in [3.05, 3.63) is 87.5 Å². The Morgan fingerprint density at radius 2 is 1.97 bits per heavy atom. The first-order valence-electron chi connectivity index (χ1n) is 10.1. The molecule has 0 spiro atoms. The fourth-order valence-corrected chi connectivity index (χ4v) is 4.39. The molecule has 2 aliphatic rings. The zero-order chi connectivity index (χ0) is 22.2. The summed E-state index contributed by atoms with van der Waals surface area (Å²) in [6.07, 6.45) is 0.926. The highest BCUT2D eigenvalue weighted by Crippen LogP contribution is 2.49. The van der Waals surface area contributed by atoms with Crippen molar-refractivity contribution in [3.8, 4) is 11.8 Å². The summed E-state index contributed by atoms with van der Waals surface area (Å²) in [5.41, 5.74) is 8.18. The zero-order valence-corrected chi connectivity index (χ0v) is 18.2. The number of Topliss-reactive ketones (excluding diaryl/α,β-unsaturated/α-hetero) is 1. The molecule has 2 aromatic carbocycles. The summed E-state index contributed by atoms with van der Waals surface area (Å²) in [6, 6.07) is 17.1. The van der Waals surface area contributed by atoms with E-state index in [4.69, 9.17) is 26.8 Å². The van der Waals surface area contributed by atoms with Crippen LogP contribution in [0.25, 0.3) is 0 Å². The number of rotatable bonds is 4. The molecule has 0 amide bonds. The number of ketones is 1. The SMILES string of the molecule is CC1(C)CC(=O)C2=C(C1)OC(N)=C(C#N)[C@@H]2c1cc(Cl)ccc1OCc1ccccc1. The first-order valence-corrected chi connectivity index (χ1v) is 10.5. The largest absolute Gasteiger partial charge is 0.489 e. The number of allylic oxidation sites excluding steroid dienone is 3. The number of hydrogen-bond acceptors (Lipinski definition) is 5. The predicted octanol–water partition coefficient (Wildman–Crippen LogP) is 5.37. The highest BCUT2D eigenvalue weighted by molar-refractivity contribution is 6.30. The number of nitrogens with two attached hydrogens (primary N) is 1. The van der Waals surface area contributed by atoms with Crippen LogP contribution in [0.5, 0.6) is 5.75 Å². The minimum Gasteiger partial charge on any atom is -0.489 e. The van der Waals surface area contributed by atoms with Gasteiger partial charge in [-0.2, -0.15) is 5.26 Å². The summed E-state index contributed by atoms with van der Waals surface area (Å²) < 4.78 is 11.9. The summed E-state index contributed by atoms with van der Waals surface area (Å²) in [5.74, 6) is 0.361. The first kappa shape index (κ1) is 21.0. The summed E-state index contributed by atoms with van der Waals surface area (Å²) in [5, 5.41) is 10.3. The van der Waals surface area contributed by atoms with Gasteiger partial charge in [-0.25, -0.2) is 0 Å². The maximum Gasteiger partial charge on any atom is 0.205 e. The average molecular weight is 435 g/mol. The molecule has 0 unspecified atom stereocenters. The zero-order valence-electron chi connectivity index (χ0n) is 17.4. The maximum atomic E-state index is 13.2. The van der Waals surface area contributed by atoms with Crippen LogP contribution in [0.4, 0.5) is 0 Å². The number of hydrogen-bond donors (Lipinski definition) is 1. The molecule has 5 nitrogen and oxygen atoms in total. The average Bonchev–Trinajstić information content (AvgIpc) is 2.71. The molecule has 1 aliphatic heterocycles. The predicted molar refractivity (Wildman–Crippen MR) is 118 cm³/mol. The molecule has 0 fully saturated rings. The Morgan fingerprint density at radius 3 is 2.68 bits per heavy atom. The van der Waals surface area contributed by atoms with E-state index in [1.165, 1.54) is 0 Å². The molecule has 0 saturated carbocycles. The fraction of sp³-hybridized carbons (Fsp3) is 0.280. The molecule has 0 saturated heterocycles. The van der Waals surface area contributed by atoms with E-state index < -0.39 is 5.92 Å². The molecule has 2 aromatic rings. The third kappa shape index (κ3) is 4.17. The molecule has 0 radical (unpaired) electrons. The molecule has 31 heavy (non-hydrogen) atoms. The van der Waals surface area contributed by atoms with E-state index in [1.54, 1.807) is 18.2 Å². The van der Waals surface area contributed by atoms with Gasteiger partial charge in [-0.1, -0.05) is 55.8 Å². The van der Waals surface area contributed by atoms with Gasteiger partial charge in [-0.3, -0.25) is 4.79 Å². The van der Waals surface area contributed by atoms with Crippen molar-refractivity contribution in [3.63, 3.8) is 0 Å². The lowest BCUT2D eigenvalue weighted by Crippen LogP contribution is -2.33. The van der Waals surface area contributed by atoms with Crippen molar-refractivity contribution in [1.29, 1.82) is 5.26 Å². The van der Waals surface area contributed by atoms with Gasteiger partial charge in [0.25, 0.3) is 0 Å². The van der Waals surface area contributed by atoms with Gasteiger partial charge in [0.1, 0.15) is 29.8 Å². The van der Waals surface area contributed by atoms with Crippen LogP contribution in [0.2, 0.25) is 5.02 Å². The highest BCUT2D eigenvalue weighted by Gasteiger charge is 2.43. The smallest absolute Gasteiger partial charge is 0.205 e. The van der Waals surface area contributed by atoms with E-state index in [0.717, 1.165) is 5.56 Å². The van der Waals surface area contributed by atoms with Gasteiger partial charge in [-0.15, -0.1) is 0 Å². The number of nitriles is 1. The summed E-state index contributed by atoms with van der Waals surface area (Å²) in [4.78, 5) is 13.2. The summed E-state index contributed by atoms with van der Waals surface area (Å²) in [7, 11) is 0. The van der Waals surface area contributed by atoms with Gasteiger partial charge in [0.2, 0.25) is 5.88 Å². The van der Waals surface area contributed by atoms with E-state index in [9.17, 15) is 10.1 Å². The van der Waals surface area contributed by atoms with Crippen LogP contribution in [0.1, 0.15) is 43.7 Å². The first-order chi connectivity index (χ1) is 14.8. The number of halogens is 1. The molecule has 0 aromatic heterocycles. The second-order valence-corrected chi connectivity index (χ2v) is 9.10. The normalized spacial score (nSPS) is 20.1. The van der Waals surface area contributed by atoms with Crippen molar-refractivity contribution in [1.82, 2.24) is 0 Å². The van der Waals surface area contributed by atoms with Crippen LogP contribution in [0, 0.1) is 16.7 Å². The highest BCUT2D eigenvalue weighted by atomic mass is 35.5. The number of benzene rings is 2. The van der Waals surface area contributed by atoms with Crippen LogP contribution in [-0.4, -0.2) is 5.78 Å². The van der Waals surface area contributed by atoms with E-state index in [-0.39, 0.29) is 22.7 Å². The molecule has 4 rings (SSSR count). The standard InChI is InChI=1S/C25H23ClN2O3/c1-25(2)11-19(29)23-21(12-25)31-24(28)18(13-27)22(23)17-10-16(26)8-9-20(17)30-14-15-6-4-3-5-7-15/h3-10,22H,11-12,14,28H2,1-2H3/t22-/m0/s1. The number of carbonyl (C=O) groups is 1. The lowest BCUT2D eigenvalue weighted by molar-refractivity contribution is -0.119. The van der Waals surface area contributed by atoms with Crippen molar-refractivity contribution in [2.75, 3.05) is 0 Å². The Morgan fingerprint density at radius 1 is 1.23 bits per heavy atom. The lowest BCUT2D eigenvalue weighted by Gasteiger charge is -2.37. The van der Waals surface area contributed by atoms with Crippen LogP contribution < -0.4 is 10.5 Å². The molecule has 1 heterocycles. The van der Waals surface area contributed by atoms with Crippen molar-refractivity contribution >= 4 is 17.4 Å². The quantitative estimate of drug-likeness (QED) is 0.699. The van der Waals surface area contributed by atoms with Crippen LogP contribution >= 0.6 is 11.6 Å². The maximum absolute atomic E-state index is 13.2. The number of nitrogens with zero attached hydrogens (tertiary/aromatic N) is 1. The van der Waals surface area contributed by atoms with Crippen molar-refractivity contribution in [2.24, 2.45) is 11.1 Å². The second kappa shape index (κ2) is 8.13. The van der Waals surface area contributed by atoms with Gasteiger partial charge in [0.15, 0.2) is 5.78 Å². The third-order valence-corrected chi connectivity index (χ3v) is 5.83. The molecule has 6 heteroatoms. The number of carbonyl (C=O) groups excluding carboxylic acids is 1. The Hall–Kier alpha value is -3.23. The van der Waals surface area contributed by atoms with Gasteiger partial charge < -0.3 is 15.2 Å². The Bertz CT molecular complexity index is 1140. The summed E-state index contributed by atoms with van der Waals surface area (Å²) >= 11 is 6.32. The van der Waals surface area contributed by atoms with Crippen LogP contribution in [0.15, 0.2) is 71.3 Å². The topological polar surface area (TPSA) is 85.3 Å². The van der Waals surface area contributed by atoms with Gasteiger partial charge in [-0.05, 0) is 29.2 Å². The Balaban J connectivity index is 1.81. The summed E-state index contributed by atoms with van der Waals surface area (Å²) in [6.45, 7) is 4.37. The van der Waals surface area contributed by atoms with Gasteiger partial charge in [0, 0.05) is 29.0 Å². The molecular formula is C25H23ClN2O3. The van der Waals surface area contributed by atoms with Crippen molar-refractivity contribution in [2.45, 2.75) is 39.2 Å². The number of ether oxygens (including phenoxy) is 2. The van der Waals surface area contributed by atoms with Crippen molar-refractivity contribution < 1.29 is 14.3 Å². The molecule has 2 N–H and O–H groups in total. The van der Waals surface area contributed by atoms with Crippen LogP contribution in [-0.2, 0) is 16.1 Å². The monoisotopic (exact) mass is 434 g/mol. The van der Waals surface area contributed by atoms with E-state index in [2.05, 4.69) is 6.07 Å². The molecular weight excluding hydrogens is 412 g/mol. The Labute approximate surface area is 186 Å². The molecule has 1 aliphatic carbocycles. The van der Waals surface area contributed by atoms with Gasteiger partial charge >= 0.3 is 0 Å².